The third-order valence-electron chi connectivity index (χ3n) is 2.53. The van der Waals surface area contributed by atoms with E-state index >= 15 is 0 Å². The van der Waals surface area contributed by atoms with Crippen molar-refractivity contribution in [3.8, 4) is 5.75 Å². The molecule has 0 radical (unpaired) electrons. The van der Waals surface area contributed by atoms with Crippen LogP contribution < -0.4 is 10.1 Å². The van der Waals surface area contributed by atoms with E-state index in [4.69, 9.17) is 21.4 Å². The largest absolute Gasteiger partial charge is 0.495 e. The molecule has 0 fully saturated rings. The van der Waals surface area contributed by atoms with Gasteiger partial charge in [0.25, 0.3) is 0 Å². The van der Waals surface area contributed by atoms with Crippen LogP contribution >= 0.6 is 11.6 Å². The third-order valence-corrected chi connectivity index (χ3v) is 2.77. The number of nitrogens with zero attached hydrogens (tertiary/aromatic N) is 1. The summed E-state index contributed by atoms with van der Waals surface area (Å²) in [5.74, 6) is -2.12. The Kier molecular flexibility index (Phi) is 4.05. The summed E-state index contributed by atoms with van der Waals surface area (Å²) < 4.78 is 19.1. The van der Waals surface area contributed by atoms with Gasteiger partial charge < -0.3 is 15.2 Å². The smallest absolute Gasteiger partial charge is 0.338 e. The summed E-state index contributed by atoms with van der Waals surface area (Å²) >= 11 is 5.86. The Bertz CT molecular complexity index is 664. The zero-order valence-electron chi connectivity index (χ0n) is 10.4. The van der Waals surface area contributed by atoms with Gasteiger partial charge in [0.2, 0.25) is 0 Å². The minimum Gasteiger partial charge on any atom is -0.495 e. The molecule has 1 aromatic carbocycles. The van der Waals surface area contributed by atoms with E-state index in [1.165, 1.54) is 19.4 Å². The molecule has 1 heterocycles. The van der Waals surface area contributed by atoms with Gasteiger partial charge in [-0.2, -0.15) is 0 Å². The molecule has 0 spiro atoms. The first-order valence-corrected chi connectivity index (χ1v) is 5.89. The number of benzene rings is 1. The Morgan fingerprint density at radius 2 is 2.20 bits per heavy atom. The molecule has 5 nitrogen and oxygen atoms in total. The van der Waals surface area contributed by atoms with Crippen LogP contribution in [0.4, 0.5) is 15.9 Å². The predicted molar refractivity (Wildman–Crippen MR) is 72.4 cm³/mol. The molecule has 0 saturated carbocycles. The second kappa shape index (κ2) is 5.75. The molecule has 2 rings (SSSR count). The van der Waals surface area contributed by atoms with Crippen LogP contribution in [0.15, 0.2) is 30.5 Å². The molecule has 0 unspecified atom stereocenters. The number of carboxylic acid groups (broad SMARTS) is 1. The maximum absolute atomic E-state index is 14.0. The van der Waals surface area contributed by atoms with Gasteiger partial charge in [0.05, 0.1) is 12.8 Å². The van der Waals surface area contributed by atoms with Crippen LogP contribution in [-0.2, 0) is 0 Å². The monoisotopic (exact) mass is 296 g/mol. The van der Waals surface area contributed by atoms with Crippen molar-refractivity contribution in [1.29, 1.82) is 0 Å². The van der Waals surface area contributed by atoms with Crippen molar-refractivity contribution in [2.24, 2.45) is 0 Å². The Morgan fingerprint density at radius 1 is 1.45 bits per heavy atom. The Balaban J connectivity index is 2.42. The number of anilines is 2. The molecule has 7 heteroatoms. The first-order chi connectivity index (χ1) is 9.52. The number of halogens is 2. The quantitative estimate of drug-likeness (QED) is 0.905. The topological polar surface area (TPSA) is 71.5 Å². The van der Waals surface area contributed by atoms with Crippen LogP contribution in [0.25, 0.3) is 0 Å². The molecule has 0 saturated heterocycles. The van der Waals surface area contributed by atoms with E-state index in [0.717, 1.165) is 6.07 Å². The minimum atomic E-state index is -1.37. The van der Waals surface area contributed by atoms with Gasteiger partial charge >= 0.3 is 5.97 Å². The minimum absolute atomic E-state index is 0.217. The molecule has 0 aliphatic rings. The van der Waals surface area contributed by atoms with E-state index in [0.29, 0.717) is 16.5 Å². The maximum Gasteiger partial charge on any atom is 0.338 e. The van der Waals surface area contributed by atoms with Crippen molar-refractivity contribution in [2.45, 2.75) is 0 Å². The van der Waals surface area contributed by atoms with Crippen LogP contribution in [0.1, 0.15) is 10.4 Å². The van der Waals surface area contributed by atoms with E-state index < -0.39 is 17.3 Å². The molecule has 2 N–H and O–H groups in total. The lowest BCUT2D eigenvalue weighted by Gasteiger charge is -2.12. The summed E-state index contributed by atoms with van der Waals surface area (Å²) in [5, 5.41) is 11.9. The highest BCUT2D eigenvalue weighted by molar-refractivity contribution is 6.31. The summed E-state index contributed by atoms with van der Waals surface area (Å²) in [4.78, 5) is 14.6. The van der Waals surface area contributed by atoms with Crippen molar-refractivity contribution >= 4 is 29.1 Å². The second-order valence-electron chi connectivity index (χ2n) is 3.80. The van der Waals surface area contributed by atoms with E-state index in [2.05, 4.69) is 10.3 Å². The van der Waals surface area contributed by atoms with E-state index in [1.54, 1.807) is 12.1 Å². The zero-order chi connectivity index (χ0) is 14.7. The first-order valence-electron chi connectivity index (χ1n) is 5.51. The van der Waals surface area contributed by atoms with Gasteiger partial charge in [-0.25, -0.2) is 14.2 Å². The molecule has 1 aromatic heterocycles. The fourth-order valence-electron chi connectivity index (χ4n) is 1.60. The second-order valence-corrected chi connectivity index (χ2v) is 4.23. The van der Waals surface area contributed by atoms with Gasteiger partial charge in [0, 0.05) is 11.2 Å². The third kappa shape index (κ3) is 2.80. The normalized spacial score (nSPS) is 10.2. The van der Waals surface area contributed by atoms with Crippen LogP contribution in [0.5, 0.6) is 5.75 Å². The number of aromatic carboxylic acids is 1. The zero-order valence-corrected chi connectivity index (χ0v) is 11.1. The van der Waals surface area contributed by atoms with Crippen molar-refractivity contribution in [3.63, 3.8) is 0 Å². The molecule has 2 aromatic rings. The lowest BCUT2D eigenvalue weighted by molar-refractivity contribution is 0.0692. The van der Waals surface area contributed by atoms with E-state index in [9.17, 15) is 9.18 Å². The predicted octanol–water partition coefficient (Wildman–Crippen LogP) is 3.32. The summed E-state index contributed by atoms with van der Waals surface area (Å²) in [7, 11) is 1.45. The average Bonchev–Trinajstić information content (AvgIpc) is 2.41. The number of pyridine rings is 1. The highest BCUT2D eigenvalue weighted by Gasteiger charge is 2.16. The van der Waals surface area contributed by atoms with Gasteiger partial charge in [-0.15, -0.1) is 0 Å². The first kappa shape index (κ1) is 14.1. The van der Waals surface area contributed by atoms with Crippen LogP contribution in [0.2, 0.25) is 5.02 Å². The number of carboxylic acids is 1. The van der Waals surface area contributed by atoms with Crippen LogP contribution in [-0.4, -0.2) is 23.2 Å². The van der Waals surface area contributed by atoms with Gasteiger partial charge in [-0.05, 0) is 24.3 Å². The fourth-order valence-corrected chi connectivity index (χ4v) is 1.77. The number of aromatic nitrogens is 1. The Labute approximate surface area is 119 Å². The average molecular weight is 297 g/mol. The van der Waals surface area contributed by atoms with E-state index in [-0.39, 0.29) is 5.82 Å². The molecule has 104 valence electrons. The standard InChI is InChI=1S/C13H10ClFN2O3/c1-20-10-3-2-7(14)6-9(10)17-12-11(15)8(13(18)19)4-5-16-12/h2-6H,1H3,(H,16,17)(H,18,19). The van der Waals surface area contributed by atoms with Crippen molar-refractivity contribution in [2.75, 3.05) is 12.4 Å². The number of methoxy groups -OCH3 is 1. The highest BCUT2D eigenvalue weighted by atomic mass is 35.5. The SMILES string of the molecule is COc1ccc(Cl)cc1Nc1nccc(C(=O)O)c1F. The molecule has 20 heavy (non-hydrogen) atoms. The van der Waals surface area contributed by atoms with Crippen molar-refractivity contribution in [1.82, 2.24) is 4.98 Å². The number of carbonyl (C=O) groups is 1. The number of rotatable bonds is 4. The molecule has 0 bridgehead atoms. The van der Waals surface area contributed by atoms with Gasteiger partial charge in [-0.3, -0.25) is 0 Å². The highest BCUT2D eigenvalue weighted by Crippen LogP contribution is 2.31. The fraction of sp³-hybridized carbons (Fsp3) is 0.0769. The van der Waals surface area contributed by atoms with E-state index in [1.807, 2.05) is 0 Å². The Hall–Kier alpha value is -2.34. The van der Waals surface area contributed by atoms with Crippen LogP contribution in [0.3, 0.4) is 0 Å². The lowest BCUT2D eigenvalue weighted by Crippen LogP contribution is -2.06. The number of hydrogen-bond donors (Lipinski definition) is 2. The Morgan fingerprint density at radius 3 is 2.85 bits per heavy atom. The molecule has 0 atom stereocenters. The van der Waals surface area contributed by atoms with Crippen molar-refractivity contribution < 1.29 is 19.0 Å². The molecule has 0 amide bonds. The number of hydrogen-bond acceptors (Lipinski definition) is 4. The number of ether oxygens (including phenoxy) is 1. The summed E-state index contributed by atoms with van der Waals surface area (Å²) in [6.45, 7) is 0. The molecule has 0 aliphatic carbocycles. The van der Waals surface area contributed by atoms with Gasteiger partial charge in [-0.1, -0.05) is 11.6 Å². The maximum atomic E-state index is 14.0. The van der Waals surface area contributed by atoms with Gasteiger partial charge in [0.15, 0.2) is 11.6 Å². The van der Waals surface area contributed by atoms with Gasteiger partial charge in [0.1, 0.15) is 11.3 Å². The molecular weight excluding hydrogens is 287 g/mol. The summed E-state index contributed by atoms with van der Waals surface area (Å²) in [5.41, 5.74) is -0.0857. The number of nitrogens with one attached hydrogen (secondary N) is 1. The lowest BCUT2D eigenvalue weighted by atomic mass is 10.2. The van der Waals surface area contributed by atoms with Crippen LogP contribution in [0, 0.1) is 5.82 Å². The molecular formula is C13H10ClFN2O3. The van der Waals surface area contributed by atoms with Crippen molar-refractivity contribution in [3.05, 3.63) is 46.9 Å². The molecule has 0 aliphatic heterocycles. The summed E-state index contributed by atoms with van der Waals surface area (Å²) in [6, 6.07) is 5.82. The summed E-state index contributed by atoms with van der Waals surface area (Å²) in [6.07, 6.45) is 1.20.